The van der Waals surface area contributed by atoms with Gasteiger partial charge in [-0.15, -0.1) is 0 Å². The third kappa shape index (κ3) is 4.29. The van der Waals surface area contributed by atoms with Crippen LogP contribution in [0.15, 0.2) is 18.2 Å². The van der Waals surface area contributed by atoms with Gasteiger partial charge < -0.3 is 15.4 Å². The molecule has 1 heterocycles. The summed E-state index contributed by atoms with van der Waals surface area (Å²) in [7, 11) is 0. The van der Waals surface area contributed by atoms with Crippen LogP contribution in [0.1, 0.15) is 30.5 Å². The summed E-state index contributed by atoms with van der Waals surface area (Å²) in [5, 5.41) is 6.31. The zero-order chi connectivity index (χ0) is 15.4. The van der Waals surface area contributed by atoms with Crippen molar-refractivity contribution in [3.63, 3.8) is 0 Å². The first-order valence-electron chi connectivity index (χ1n) is 7.69. The predicted octanol–water partition coefficient (Wildman–Crippen LogP) is 1.73. The smallest absolute Gasteiger partial charge is 0.240 e. The maximum absolute atomic E-state index is 12.3. The van der Waals surface area contributed by atoms with Gasteiger partial charge in [0, 0.05) is 12.6 Å². The fraction of sp³-hybridized carbons (Fsp3) is 0.588. The summed E-state index contributed by atoms with van der Waals surface area (Å²) in [6, 6.07) is 6.31. The normalized spacial score (nSPS) is 23.6. The van der Waals surface area contributed by atoms with Crippen molar-refractivity contribution in [2.45, 2.75) is 52.3 Å². The minimum absolute atomic E-state index is 0.0273. The molecule has 0 spiro atoms. The summed E-state index contributed by atoms with van der Waals surface area (Å²) >= 11 is 0. The summed E-state index contributed by atoms with van der Waals surface area (Å²) in [5.41, 5.74) is 3.84. The molecule has 0 aromatic heterocycles. The Morgan fingerprint density at radius 1 is 1.48 bits per heavy atom. The highest BCUT2D eigenvalue weighted by atomic mass is 16.5. The Kier molecular flexibility index (Phi) is 5.37. The highest BCUT2D eigenvalue weighted by Crippen LogP contribution is 2.13. The third-order valence-electron chi connectivity index (χ3n) is 4.01. The van der Waals surface area contributed by atoms with Gasteiger partial charge in [0.05, 0.1) is 12.7 Å². The van der Waals surface area contributed by atoms with E-state index in [2.05, 4.69) is 42.7 Å². The molecule has 21 heavy (non-hydrogen) atoms. The van der Waals surface area contributed by atoms with E-state index in [1.165, 1.54) is 16.7 Å². The lowest BCUT2D eigenvalue weighted by Crippen LogP contribution is -2.56. The quantitative estimate of drug-likeness (QED) is 0.888. The van der Waals surface area contributed by atoms with Gasteiger partial charge in [0.2, 0.25) is 5.91 Å². The van der Waals surface area contributed by atoms with Crippen molar-refractivity contribution in [3.05, 3.63) is 34.9 Å². The number of nitrogens with one attached hydrogen (secondary N) is 2. The van der Waals surface area contributed by atoms with Gasteiger partial charge in [-0.2, -0.15) is 0 Å². The molecule has 4 heteroatoms. The molecule has 1 aliphatic heterocycles. The molecule has 0 saturated carbocycles. The van der Waals surface area contributed by atoms with Gasteiger partial charge in [0.1, 0.15) is 6.04 Å². The van der Waals surface area contributed by atoms with E-state index in [0.717, 1.165) is 13.0 Å². The molecular formula is C17H26N2O2. The first-order chi connectivity index (χ1) is 9.97. The molecule has 1 saturated heterocycles. The molecule has 1 aliphatic rings. The Balaban J connectivity index is 1.91. The van der Waals surface area contributed by atoms with Crippen LogP contribution >= 0.6 is 0 Å². The standard InChI is InChI=1S/C17H26N2O2/c1-11-5-6-15(12(2)9-11)10-13(3)19-17(20)16-14(4)21-8-7-18-16/h5-6,9,13-14,16,18H,7-8,10H2,1-4H3,(H,19,20)/t13?,14-,16+/m1/s1. The number of carbonyl (C=O) groups is 1. The van der Waals surface area contributed by atoms with Crippen LogP contribution < -0.4 is 10.6 Å². The minimum Gasteiger partial charge on any atom is -0.375 e. The summed E-state index contributed by atoms with van der Waals surface area (Å²) in [5.74, 6) is 0.0273. The van der Waals surface area contributed by atoms with Crippen LogP contribution in [0.3, 0.4) is 0 Å². The average molecular weight is 290 g/mol. The molecule has 2 rings (SSSR count). The van der Waals surface area contributed by atoms with Gasteiger partial charge >= 0.3 is 0 Å². The number of morpholine rings is 1. The van der Waals surface area contributed by atoms with Gasteiger partial charge in [0.15, 0.2) is 0 Å². The van der Waals surface area contributed by atoms with E-state index in [9.17, 15) is 4.79 Å². The Hall–Kier alpha value is -1.39. The van der Waals surface area contributed by atoms with Gasteiger partial charge in [-0.1, -0.05) is 23.8 Å². The van der Waals surface area contributed by atoms with E-state index in [0.29, 0.717) is 6.61 Å². The average Bonchev–Trinajstić information content (AvgIpc) is 2.42. The highest BCUT2D eigenvalue weighted by Gasteiger charge is 2.28. The molecule has 0 bridgehead atoms. The molecule has 3 atom stereocenters. The third-order valence-corrected chi connectivity index (χ3v) is 4.01. The van der Waals surface area contributed by atoms with E-state index >= 15 is 0 Å². The van der Waals surface area contributed by atoms with Crippen molar-refractivity contribution < 1.29 is 9.53 Å². The van der Waals surface area contributed by atoms with Crippen molar-refractivity contribution in [1.82, 2.24) is 10.6 Å². The number of hydrogen-bond donors (Lipinski definition) is 2. The molecule has 1 amide bonds. The summed E-state index contributed by atoms with van der Waals surface area (Å²) in [6.45, 7) is 9.60. The lowest BCUT2D eigenvalue weighted by atomic mass is 9.99. The number of rotatable bonds is 4. The zero-order valence-electron chi connectivity index (χ0n) is 13.4. The van der Waals surface area contributed by atoms with E-state index in [1.54, 1.807) is 0 Å². The second kappa shape index (κ2) is 7.05. The first-order valence-corrected chi connectivity index (χ1v) is 7.69. The van der Waals surface area contributed by atoms with Crippen LogP contribution in [0.2, 0.25) is 0 Å². The molecule has 2 N–H and O–H groups in total. The summed E-state index contributed by atoms with van der Waals surface area (Å²) in [4.78, 5) is 12.3. The van der Waals surface area contributed by atoms with Crippen molar-refractivity contribution in [2.75, 3.05) is 13.2 Å². The molecule has 4 nitrogen and oxygen atoms in total. The molecule has 1 unspecified atom stereocenters. The summed E-state index contributed by atoms with van der Waals surface area (Å²) < 4.78 is 5.52. The highest BCUT2D eigenvalue weighted by molar-refractivity contribution is 5.82. The van der Waals surface area contributed by atoms with Crippen molar-refractivity contribution >= 4 is 5.91 Å². The monoisotopic (exact) mass is 290 g/mol. The van der Waals surface area contributed by atoms with Crippen molar-refractivity contribution in [1.29, 1.82) is 0 Å². The maximum atomic E-state index is 12.3. The Bertz CT molecular complexity index is 502. The van der Waals surface area contributed by atoms with Gasteiger partial charge in [-0.3, -0.25) is 4.79 Å². The Labute approximate surface area is 127 Å². The molecule has 1 aromatic carbocycles. The van der Waals surface area contributed by atoms with E-state index in [4.69, 9.17) is 4.74 Å². The number of carbonyl (C=O) groups excluding carboxylic acids is 1. The van der Waals surface area contributed by atoms with Crippen LogP contribution in [-0.4, -0.2) is 37.2 Å². The second-order valence-corrected chi connectivity index (χ2v) is 6.05. The Morgan fingerprint density at radius 3 is 2.90 bits per heavy atom. The molecule has 0 radical (unpaired) electrons. The molecule has 0 aliphatic carbocycles. The summed E-state index contributed by atoms with van der Waals surface area (Å²) in [6.07, 6.45) is 0.770. The van der Waals surface area contributed by atoms with Gasteiger partial charge in [-0.05, 0) is 45.2 Å². The van der Waals surface area contributed by atoms with Crippen LogP contribution in [0.5, 0.6) is 0 Å². The number of benzene rings is 1. The molecule has 1 fully saturated rings. The maximum Gasteiger partial charge on any atom is 0.240 e. The van der Waals surface area contributed by atoms with E-state index in [-0.39, 0.29) is 24.1 Å². The van der Waals surface area contributed by atoms with E-state index in [1.807, 2.05) is 13.8 Å². The topological polar surface area (TPSA) is 50.4 Å². The first kappa shape index (κ1) is 16.0. The number of aryl methyl sites for hydroxylation is 2. The SMILES string of the molecule is Cc1ccc(CC(C)NC(=O)[C@H]2NCCO[C@@H]2C)c(C)c1. The largest absolute Gasteiger partial charge is 0.375 e. The van der Waals surface area contributed by atoms with Crippen LogP contribution in [0.4, 0.5) is 0 Å². The fourth-order valence-corrected chi connectivity index (χ4v) is 2.82. The van der Waals surface area contributed by atoms with Gasteiger partial charge in [-0.25, -0.2) is 0 Å². The molecule has 1 aromatic rings. The van der Waals surface area contributed by atoms with E-state index < -0.39 is 0 Å². The zero-order valence-corrected chi connectivity index (χ0v) is 13.4. The lowest BCUT2D eigenvalue weighted by molar-refractivity contribution is -0.129. The number of hydrogen-bond acceptors (Lipinski definition) is 3. The van der Waals surface area contributed by atoms with Crippen molar-refractivity contribution in [2.24, 2.45) is 0 Å². The fourth-order valence-electron chi connectivity index (χ4n) is 2.82. The predicted molar refractivity (Wildman–Crippen MR) is 84.4 cm³/mol. The Morgan fingerprint density at radius 2 is 2.24 bits per heavy atom. The second-order valence-electron chi connectivity index (χ2n) is 6.05. The number of ether oxygens (including phenoxy) is 1. The van der Waals surface area contributed by atoms with Crippen LogP contribution in [0, 0.1) is 13.8 Å². The van der Waals surface area contributed by atoms with Crippen molar-refractivity contribution in [3.8, 4) is 0 Å². The molecular weight excluding hydrogens is 264 g/mol. The minimum atomic E-state index is -0.250. The van der Waals surface area contributed by atoms with Crippen LogP contribution in [0.25, 0.3) is 0 Å². The van der Waals surface area contributed by atoms with Crippen LogP contribution in [-0.2, 0) is 16.0 Å². The van der Waals surface area contributed by atoms with Gasteiger partial charge in [0.25, 0.3) is 0 Å². The number of amides is 1. The molecule has 116 valence electrons. The lowest BCUT2D eigenvalue weighted by Gasteiger charge is -2.30.